The molecule has 2 aromatic carbocycles. The van der Waals surface area contributed by atoms with Crippen LogP contribution in [0.4, 0.5) is 5.69 Å². The molecule has 0 saturated carbocycles. The number of amides is 2. The largest absolute Gasteiger partial charge is 0.361 e. The van der Waals surface area contributed by atoms with E-state index in [1.165, 1.54) is 29.2 Å². The van der Waals surface area contributed by atoms with E-state index in [9.17, 15) is 28.5 Å². The molecule has 0 radical (unpaired) electrons. The zero-order chi connectivity index (χ0) is 28.3. The summed E-state index contributed by atoms with van der Waals surface area (Å²) < 4.78 is 41.5. The summed E-state index contributed by atoms with van der Waals surface area (Å²) >= 11 is 0. The first-order chi connectivity index (χ1) is 18.6. The lowest BCUT2D eigenvalue weighted by Crippen LogP contribution is -2.50. The number of anilines is 1. The van der Waals surface area contributed by atoms with Gasteiger partial charge in [-0.15, -0.1) is 0 Å². The SMILES string of the molecule is CCOP(=O)(OCC)c1ccc(C=CC2=C(NC=O)C3(N(C=O)c4ccc(P(=O)(O)O)cc4)C=CC2O3)cc1. The summed E-state index contributed by atoms with van der Waals surface area (Å²) in [6.45, 7) is 3.95. The van der Waals surface area contributed by atoms with Gasteiger partial charge in [-0.1, -0.05) is 30.4 Å². The monoisotopic (exact) mass is 574 g/mol. The Labute approximate surface area is 225 Å². The zero-order valence-electron chi connectivity index (χ0n) is 21.2. The highest BCUT2D eigenvalue weighted by molar-refractivity contribution is 7.62. The van der Waals surface area contributed by atoms with Crippen molar-refractivity contribution < 1.29 is 42.3 Å². The lowest BCUT2D eigenvalue weighted by atomic mass is 9.96. The molecule has 0 fully saturated rings. The summed E-state index contributed by atoms with van der Waals surface area (Å²) in [6.07, 6.45) is 7.35. The number of hydrogen-bond donors (Lipinski definition) is 3. The van der Waals surface area contributed by atoms with E-state index >= 15 is 0 Å². The number of benzene rings is 2. The Morgan fingerprint density at radius 2 is 1.59 bits per heavy atom. The van der Waals surface area contributed by atoms with Gasteiger partial charge in [0.2, 0.25) is 18.5 Å². The van der Waals surface area contributed by atoms with E-state index in [0.717, 1.165) is 5.56 Å². The Morgan fingerprint density at radius 1 is 0.974 bits per heavy atom. The van der Waals surface area contributed by atoms with Crippen LogP contribution in [0.5, 0.6) is 0 Å². The first-order valence-corrected chi connectivity index (χ1v) is 15.2. The van der Waals surface area contributed by atoms with Crippen molar-refractivity contribution in [3.63, 3.8) is 0 Å². The molecule has 2 aliphatic rings. The van der Waals surface area contributed by atoms with Crippen molar-refractivity contribution in [2.45, 2.75) is 25.7 Å². The van der Waals surface area contributed by atoms with Gasteiger partial charge in [0.25, 0.3) is 0 Å². The average molecular weight is 574 g/mol. The number of carbonyl (C=O) groups excluding carboxylic acids is 2. The van der Waals surface area contributed by atoms with Crippen molar-refractivity contribution in [3.05, 3.63) is 83.6 Å². The number of ether oxygens (including phenoxy) is 1. The lowest BCUT2D eigenvalue weighted by molar-refractivity contribution is -0.112. The molecule has 206 valence electrons. The van der Waals surface area contributed by atoms with Gasteiger partial charge >= 0.3 is 15.2 Å². The molecule has 2 heterocycles. The molecule has 0 spiro atoms. The normalized spacial score (nSPS) is 20.6. The molecule has 2 aromatic rings. The van der Waals surface area contributed by atoms with Crippen LogP contribution in [-0.4, -0.2) is 47.6 Å². The first-order valence-electron chi connectivity index (χ1n) is 12.0. The minimum absolute atomic E-state index is 0.197. The molecule has 11 nitrogen and oxygen atoms in total. The number of nitrogens with zero attached hydrogens (tertiary/aromatic N) is 1. The quantitative estimate of drug-likeness (QED) is 0.186. The van der Waals surface area contributed by atoms with E-state index in [0.29, 0.717) is 35.1 Å². The number of carbonyl (C=O) groups is 2. The van der Waals surface area contributed by atoms with Gasteiger partial charge in [0, 0.05) is 11.3 Å². The van der Waals surface area contributed by atoms with Crippen molar-refractivity contribution >= 4 is 50.4 Å². The molecule has 39 heavy (non-hydrogen) atoms. The van der Waals surface area contributed by atoms with Crippen molar-refractivity contribution in [2.24, 2.45) is 0 Å². The van der Waals surface area contributed by atoms with E-state index in [-0.39, 0.29) is 18.5 Å². The van der Waals surface area contributed by atoms with Crippen LogP contribution in [0, 0.1) is 0 Å². The van der Waals surface area contributed by atoms with Crippen LogP contribution in [0.1, 0.15) is 19.4 Å². The second-order valence-electron chi connectivity index (χ2n) is 8.48. The van der Waals surface area contributed by atoms with Crippen LogP contribution in [0.25, 0.3) is 6.08 Å². The van der Waals surface area contributed by atoms with Crippen molar-refractivity contribution in [1.82, 2.24) is 5.32 Å². The standard InChI is InChI=1S/C26H28N2O9P2/c1-3-35-39(34,36-4-2)22-10-5-19(6-11-22)7-14-23-24-15-16-26(37-24,25(23)27-17-29)28(18-30)20-8-12-21(13-9-20)38(31,32)33/h5-18,24H,3-4H2,1-2H3,(H,27,29)(H2,31,32,33). The van der Waals surface area contributed by atoms with Crippen LogP contribution >= 0.6 is 15.2 Å². The molecule has 2 atom stereocenters. The Morgan fingerprint density at radius 3 is 2.13 bits per heavy atom. The van der Waals surface area contributed by atoms with Gasteiger partial charge < -0.3 is 28.9 Å². The highest BCUT2D eigenvalue weighted by atomic mass is 31.2. The van der Waals surface area contributed by atoms with E-state index in [2.05, 4.69) is 5.32 Å². The van der Waals surface area contributed by atoms with Gasteiger partial charge in [0.05, 0.1) is 29.5 Å². The van der Waals surface area contributed by atoms with Gasteiger partial charge in [-0.25, -0.2) is 0 Å². The summed E-state index contributed by atoms with van der Waals surface area (Å²) in [5.41, 5.74) is 0.508. The average Bonchev–Trinajstić information content (AvgIpc) is 3.46. The Kier molecular flexibility index (Phi) is 8.54. The zero-order valence-corrected chi connectivity index (χ0v) is 23.0. The minimum atomic E-state index is -4.47. The highest BCUT2D eigenvalue weighted by Gasteiger charge is 2.53. The summed E-state index contributed by atoms with van der Waals surface area (Å²) in [7, 11) is -7.89. The molecule has 0 aromatic heterocycles. The fraction of sp³-hybridized carbons (Fsp3) is 0.231. The third-order valence-corrected chi connectivity index (χ3v) is 9.25. The third-order valence-electron chi connectivity index (χ3n) is 6.15. The molecule has 0 aliphatic carbocycles. The molecule has 2 unspecified atom stereocenters. The fourth-order valence-electron chi connectivity index (χ4n) is 4.45. The van der Waals surface area contributed by atoms with Crippen molar-refractivity contribution in [2.75, 3.05) is 18.1 Å². The van der Waals surface area contributed by atoms with E-state index in [1.807, 2.05) is 0 Å². The Bertz CT molecular complexity index is 1400. The van der Waals surface area contributed by atoms with E-state index in [1.54, 1.807) is 62.4 Å². The van der Waals surface area contributed by atoms with Crippen LogP contribution in [0.2, 0.25) is 0 Å². The van der Waals surface area contributed by atoms with Crippen molar-refractivity contribution in [1.29, 1.82) is 0 Å². The Balaban J connectivity index is 1.66. The van der Waals surface area contributed by atoms with Gasteiger partial charge in [-0.05, 0) is 61.9 Å². The number of hydrogen-bond acceptors (Lipinski definition) is 7. The maximum Gasteiger partial charge on any atom is 0.361 e. The van der Waals surface area contributed by atoms with Crippen LogP contribution in [-0.2, 0) is 32.5 Å². The molecular weight excluding hydrogens is 546 g/mol. The topological polar surface area (TPSA) is 152 Å². The molecule has 3 N–H and O–H groups in total. The van der Waals surface area contributed by atoms with E-state index in [4.69, 9.17) is 13.8 Å². The molecule has 0 saturated heterocycles. The van der Waals surface area contributed by atoms with Crippen molar-refractivity contribution in [3.8, 4) is 0 Å². The third kappa shape index (κ3) is 5.62. The summed E-state index contributed by atoms with van der Waals surface area (Å²) in [5.74, 6) is 0. The van der Waals surface area contributed by atoms with Crippen LogP contribution in [0.15, 0.2) is 78.0 Å². The fourth-order valence-corrected chi connectivity index (χ4v) is 6.55. The van der Waals surface area contributed by atoms with Gasteiger partial charge in [0.1, 0.15) is 6.10 Å². The Hall–Kier alpha value is -3.14. The van der Waals surface area contributed by atoms with Gasteiger partial charge in [-0.3, -0.25) is 23.6 Å². The number of rotatable bonds is 13. The van der Waals surface area contributed by atoms with Crippen LogP contribution < -0.4 is 20.8 Å². The molecule has 2 bridgehead atoms. The predicted molar refractivity (Wildman–Crippen MR) is 146 cm³/mol. The predicted octanol–water partition coefficient (Wildman–Crippen LogP) is 2.72. The second-order valence-corrected chi connectivity index (χ2v) is 12.1. The number of nitrogens with one attached hydrogen (secondary N) is 1. The maximum absolute atomic E-state index is 13.0. The van der Waals surface area contributed by atoms with E-state index < -0.39 is 27.0 Å². The summed E-state index contributed by atoms with van der Waals surface area (Å²) in [5, 5.41) is 2.89. The highest BCUT2D eigenvalue weighted by Crippen LogP contribution is 2.47. The molecule has 2 amide bonds. The minimum Gasteiger partial charge on any atom is -0.334 e. The lowest BCUT2D eigenvalue weighted by Gasteiger charge is -2.36. The smallest absolute Gasteiger partial charge is 0.334 e. The second kappa shape index (κ2) is 11.5. The first kappa shape index (κ1) is 28.9. The maximum atomic E-state index is 13.0. The molecule has 2 aliphatic heterocycles. The molecule has 13 heteroatoms. The number of fused-ring (bicyclic) bond motifs is 2. The summed E-state index contributed by atoms with van der Waals surface area (Å²) in [6, 6.07) is 12.1. The van der Waals surface area contributed by atoms with Gasteiger partial charge in [-0.2, -0.15) is 0 Å². The van der Waals surface area contributed by atoms with Crippen LogP contribution in [0.3, 0.4) is 0 Å². The summed E-state index contributed by atoms with van der Waals surface area (Å²) in [4.78, 5) is 43.8. The molecule has 4 rings (SSSR count). The van der Waals surface area contributed by atoms with Gasteiger partial charge in [0.15, 0.2) is 0 Å². The molecular formula is C26H28N2O9P2.